The van der Waals surface area contributed by atoms with E-state index in [4.69, 9.17) is 4.98 Å². The van der Waals surface area contributed by atoms with Crippen LogP contribution in [0.15, 0.2) is 35.1 Å². The molecule has 9 heteroatoms. The molecule has 1 aromatic carbocycles. The lowest BCUT2D eigenvalue weighted by atomic mass is 10.1. The van der Waals surface area contributed by atoms with Crippen LogP contribution in [0.2, 0.25) is 0 Å². The Morgan fingerprint density at radius 3 is 2.69 bits per heavy atom. The number of hydrogen-bond donors (Lipinski definition) is 1. The summed E-state index contributed by atoms with van der Waals surface area (Å²) in [5.74, 6) is 1.53. The van der Waals surface area contributed by atoms with Crippen molar-refractivity contribution in [1.29, 1.82) is 0 Å². The predicted octanol–water partition coefficient (Wildman–Crippen LogP) is 0.963. The van der Waals surface area contributed by atoms with Crippen molar-refractivity contribution in [2.45, 2.75) is 38.9 Å². The van der Waals surface area contributed by atoms with Crippen LogP contribution in [0.4, 0.5) is 5.95 Å². The second kappa shape index (κ2) is 7.75. The molecule has 1 fully saturated rings. The van der Waals surface area contributed by atoms with Gasteiger partial charge in [-0.05, 0) is 28.8 Å². The first kappa shape index (κ1) is 18.0. The predicted molar refractivity (Wildman–Crippen MR) is 107 cm³/mol. The van der Waals surface area contributed by atoms with Gasteiger partial charge in [-0.25, -0.2) is 9.67 Å². The van der Waals surface area contributed by atoms with E-state index in [1.54, 1.807) is 0 Å². The Hall–Kier alpha value is -3.07. The van der Waals surface area contributed by atoms with E-state index < -0.39 is 0 Å². The summed E-state index contributed by atoms with van der Waals surface area (Å²) < 4.78 is 1.82. The third-order valence-corrected chi connectivity index (χ3v) is 5.69. The van der Waals surface area contributed by atoms with Gasteiger partial charge < -0.3 is 4.90 Å². The first-order chi connectivity index (χ1) is 14.3. The Balaban J connectivity index is 1.31. The van der Waals surface area contributed by atoms with Crippen LogP contribution in [0.25, 0.3) is 0 Å². The first-order valence-electron chi connectivity index (χ1n) is 10.1. The van der Waals surface area contributed by atoms with Crippen molar-refractivity contribution in [2.75, 3.05) is 24.5 Å². The molecule has 29 heavy (non-hydrogen) atoms. The van der Waals surface area contributed by atoms with Crippen LogP contribution in [-0.2, 0) is 26.1 Å². The van der Waals surface area contributed by atoms with E-state index in [0.717, 1.165) is 67.5 Å². The Kier molecular flexibility index (Phi) is 4.81. The van der Waals surface area contributed by atoms with Gasteiger partial charge in [-0.3, -0.25) is 14.7 Å². The molecule has 0 unspecified atom stereocenters. The number of nitrogens with one attached hydrogen (secondary N) is 1. The van der Waals surface area contributed by atoms with Gasteiger partial charge in [0, 0.05) is 32.6 Å². The van der Waals surface area contributed by atoms with Crippen molar-refractivity contribution in [1.82, 2.24) is 35.1 Å². The van der Waals surface area contributed by atoms with Crippen LogP contribution in [-0.4, -0.2) is 54.7 Å². The van der Waals surface area contributed by atoms with E-state index in [1.807, 2.05) is 22.9 Å². The third-order valence-electron chi connectivity index (χ3n) is 5.69. The van der Waals surface area contributed by atoms with Crippen LogP contribution in [0.1, 0.15) is 35.5 Å². The summed E-state index contributed by atoms with van der Waals surface area (Å²) in [4.78, 5) is 24.8. The fourth-order valence-electron chi connectivity index (χ4n) is 4.10. The lowest BCUT2D eigenvalue weighted by Gasteiger charge is -2.28. The van der Waals surface area contributed by atoms with Gasteiger partial charge in [0.25, 0.3) is 5.56 Å². The molecule has 2 aliphatic heterocycles. The van der Waals surface area contributed by atoms with Gasteiger partial charge in [0.15, 0.2) is 5.82 Å². The summed E-state index contributed by atoms with van der Waals surface area (Å²) in [5.41, 5.74) is 2.82. The van der Waals surface area contributed by atoms with Gasteiger partial charge in [-0.2, -0.15) is 0 Å². The average molecular weight is 392 g/mol. The quantitative estimate of drug-likeness (QED) is 0.691. The number of aromatic nitrogens is 6. The molecule has 1 saturated heterocycles. The van der Waals surface area contributed by atoms with Crippen LogP contribution in [0, 0.1) is 0 Å². The zero-order chi connectivity index (χ0) is 19.6. The van der Waals surface area contributed by atoms with Gasteiger partial charge >= 0.3 is 0 Å². The highest BCUT2D eigenvalue weighted by molar-refractivity contribution is 5.35. The number of aromatic amines is 1. The number of fused-ring (bicyclic) bond motifs is 1. The Labute approximate surface area is 168 Å². The number of anilines is 1. The average Bonchev–Trinajstić information content (AvgIpc) is 3.42. The number of tetrazole rings is 1. The zero-order valence-corrected chi connectivity index (χ0v) is 16.3. The molecule has 150 valence electrons. The summed E-state index contributed by atoms with van der Waals surface area (Å²) in [6.07, 6.45) is 3.08. The minimum atomic E-state index is -0.0227. The molecule has 9 nitrogen and oxygen atoms in total. The summed E-state index contributed by atoms with van der Waals surface area (Å²) >= 11 is 0. The molecule has 4 heterocycles. The SMILES string of the molecule is O=c1[nH]c(N2CCCC2)nc2c1CN(Cc1nnnn1Cc1ccccc1)CC2. The Morgan fingerprint density at radius 1 is 1.03 bits per heavy atom. The van der Waals surface area contributed by atoms with E-state index in [9.17, 15) is 4.79 Å². The maximum absolute atomic E-state index is 12.7. The topological polar surface area (TPSA) is 95.8 Å². The number of nitrogens with zero attached hydrogens (tertiary/aromatic N) is 7. The molecule has 5 rings (SSSR count). The summed E-state index contributed by atoms with van der Waals surface area (Å²) in [6, 6.07) is 10.1. The molecule has 0 saturated carbocycles. The maximum Gasteiger partial charge on any atom is 0.257 e. The highest BCUT2D eigenvalue weighted by Crippen LogP contribution is 2.20. The summed E-state index contributed by atoms with van der Waals surface area (Å²) in [7, 11) is 0. The van der Waals surface area contributed by atoms with Crippen molar-refractivity contribution < 1.29 is 0 Å². The van der Waals surface area contributed by atoms with Crippen molar-refractivity contribution in [3.05, 3.63) is 63.3 Å². The van der Waals surface area contributed by atoms with Gasteiger partial charge in [0.1, 0.15) is 0 Å². The molecular formula is C20H24N8O. The minimum absolute atomic E-state index is 0.0227. The lowest BCUT2D eigenvalue weighted by Crippen LogP contribution is -2.37. The van der Waals surface area contributed by atoms with Crippen LogP contribution in [0.5, 0.6) is 0 Å². The molecule has 0 aliphatic carbocycles. The van der Waals surface area contributed by atoms with Crippen molar-refractivity contribution in [3.8, 4) is 0 Å². The monoisotopic (exact) mass is 392 g/mol. The van der Waals surface area contributed by atoms with E-state index in [-0.39, 0.29) is 5.56 Å². The molecule has 0 spiro atoms. The smallest absolute Gasteiger partial charge is 0.257 e. The molecule has 0 bridgehead atoms. The zero-order valence-electron chi connectivity index (χ0n) is 16.3. The lowest BCUT2D eigenvalue weighted by molar-refractivity contribution is 0.231. The molecule has 0 radical (unpaired) electrons. The number of benzene rings is 1. The first-order valence-corrected chi connectivity index (χ1v) is 10.1. The van der Waals surface area contributed by atoms with Crippen LogP contribution in [0.3, 0.4) is 0 Å². The van der Waals surface area contributed by atoms with Crippen LogP contribution >= 0.6 is 0 Å². The van der Waals surface area contributed by atoms with Crippen molar-refractivity contribution in [2.24, 2.45) is 0 Å². The second-order valence-corrected chi connectivity index (χ2v) is 7.71. The van der Waals surface area contributed by atoms with E-state index in [1.165, 1.54) is 0 Å². The summed E-state index contributed by atoms with van der Waals surface area (Å²) in [6.45, 7) is 4.58. The Morgan fingerprint density at radius 2 is 1.86 bits per heavy atom. The van der Waals surface area contributed by atoms with Crippen molar-refractivity contribution in [3.63, 3.8) is 0 Å². The molecule has 0 amide bonds. The van der Waals surface area contributed by atoms with Gasteiger partial charge in [0.05, 0.1) is 24.3 Å². The van der Waals surface area contributed by atoms with E-state index in [0.29, 0.717) is 19.6 Å². The second-order valence-electron chi connectivity index (χ2n) is 7.71. The maximum atomic E-state index is 12.7. The van der Waals surface area contributed by atoms with Gasteiger partial charge in [-0.1, -0.05) is 30.3 Å². The number of hydrogen-bond acceptors (Lipinski definition) is 7. The fraction of sp³-hybridized carbons (Fsp3) is 0.450. The summed E-state index contributed by atoms with van der Waals surface area (Å²) in [5, 5.41) is 12.2. The molecule has 2 aliphatic rings. The van der Waals surface area contributed by atoms with Crippen molar-refractivity contribution >= 4 is 5.95 Å². The molecule has 2 aromatic heterocycles. The largest absolute Gasteiger partial charge is 0.342 e. The minimum Gasteiger partial charge on any atom is -0.342 e. The number of H-pyrrole nitrogens is 1. The standard InChI is InChI=1S/C20H24N8O/c29-19-16-13-26(11-8-17(16)21-20(22-19)27-9-4-5-10-27)14-18-23-24-25-28(18)12-15-6-2-1-3-7-15/h1-3,6-7H,4-5,8-14H2,(H,21,22,29). The van der Waals surface area contributed by atoms with Crippen LogP contribution < -0.4 is 10.5 Å². The van der Waals surface area contributed by atoms with E-state index in [2.05, 4.69) is 42.4 Å². The third kappa shape index (κ3) is 3.77. The highest BCUT2D eigenvalue weighted by atomic mass is 16.1. The molecule has 1 N–H and O–H groups in total. The molecule has 3 aromatic rings. The molecule has 0 atom stereocenters. The van der Waals surface area contributed by atoms with Gasteiger partial charge in [-0.15, -0.1) is 5.10 Å². The highest BCUT2D eigenvalue weighted by Gasteiger charge is 2.24. The fourth-order valence-corrected chi connectivity index (χ4v) is 4.10. The van der Waals surface area contributed by atoms with E-state index >= 15 is 0 Å². The molecular weight excluding hydrogens is 368 g/mol. The Bertz CT molecular complexity index is 1040. The van der Waals surface area contributed by atoms with Gasteiger partial charge in [0.2, 0.25) is 5.95 Å². The normalized spacial score (nSPS) is 16.9. The number of rotatable bonds is 5.